The van der Waals surface area contributed by atoms with Crippen LogP contribution in [0.2, 0.25) is 0 Å². The Morgan fingerprint density at radius 1 is 0.957 bits per heavy atom. The molecule has 1 aliphatic rings. The second-order valence-electron chi connectivity index (χ2n) is 6.05. The highest BCUT2D eigenvalue weighted by atomic mass is 19.2. The molecule has 1 fully saturated rings. The second kappa shape index (κ2) is 7.15. The van der Waals surface area contributed by atoms with E-state index < -0.39 is 11.6 Å². The predicted molar refractivity (Wildman–Crippen MR) is 85.9 cm³/mol. The smallest absolute Gasteiger partial charge is 0.159 e. The Hall–Kier alpha value is -1.85. The van der Waals surface area contributed by atoms with Crippen LogP contribution in [0.4, 0.5) is 8.78 Å². The van der Waals surface area contributed by atoms with Crippen LogP contribution in [0, 0.1) is 18.6 Å². The van der Waals surface area contributed by atoms with Crippen molar-refractivity contribution >= 4 is 0 Å². The summed E-state index contributed by atoms with van der Waals surface area (Å²) in [5, 5.41) is 0. The van der Waals surface area contributed by atoms with Gasteiger partial charge in [-0.05, 0) is 36.2 Å². The summed E-state index contributed by atoms with van der Waals surface area (Å²) in [6.07, 6.45) is 1.82. The van der Waals surface area contributed by atoms with E-state index in [0.717, 1.165) is 44.0 Å². The minimum absolute atomic E-state index is 0.664. The second-order valence-corrected chi connectivity index (χ2v) is 6.05. The molecule has 0 amide bonds. The molecule has 0 atom stereocenters. The van der Waals surface area contributed by atoms with Gasteiger partial charge in [0.15, 0.2) is 11.6 Å². The summed E-state index contributed by atoms with van der Waals surface area (Å²) in [6.45, 7) is 7.41. The summed E-state index contributed by atoms with van der Waals surface area (Å²) >= 11 is 0. The van der Waals surface area contributed by atoms with E-state index in [4.69, 9.17) is 0 Å². The van der Waals surface area contributed by atoms with Gasteiger partial charge in [-0.25, -0.2) is 8.78 Å². The lowest BCUT2D eigenvalue weighted by Crippen LogP contribution is -2.45. The average Bonchev–Trinajstić information content (AvgIpc) is 2.55. The first kappa shape index (κ1) is 16.0. The zero-order valence-corrected chi connectivity index (χ0v) is 13.3. The third-order valence-corrected chi connectivity index (χ3v) is 4.37. The third kappa shape index (κ3) is 4.12. The number of nitrogens with zero attached hydrogens (tertiary/aromatic N) is 3. The molecule has 2 aromatic rings. The number of benzene rings is 1. The molecule has 1 aromatic heterocycles. The van der Waals surface area contributed by atoms with E-state index in [-0.39, 0.29) is 0 Å². The van der Waals surface area contributed by atoms with Gasteiger partial charge >= 0.3 is 0 Å². The molecule has 0 saturated carbocycles. The number of rotatable bonds is 4. The number of aryl methyl sites for hydroxylation is 1. The van der Waals surface area contributed by atoms with Gasteiger partial charge in [-0.2, -0.15) is 0 Å². The van der Waals surface area contributed by atoms with Crippen LogP contribution in [0.25, 0.3) is 0 Å². The van der Waals surface area contributed by atoms with Gasteiger partial charge in [0.2, 0.25) is 0 Å². The molecule has 1 saturated heterocycles. The molecule has 0 radical (unpaired) electrons. The predicted octanol–water partition coefficient (Wildman–Crippen LogP) is 2.99. The van der Waals surface area contributed by atoms with E-state index in [0.29, 0.717) is 6.54 Å². The molecule has 23 heavy (non-hydrogen) atoms. The summed E-state index contributed by atoms with van der Waals surface area (Å²) in [5.41, 5.74) is 3.17. The van der Waals surface area contributed by atoms with Gasteiger partial charge in [-0.3, -0.25) is 14.8 Å². The highest BCUT2D eigenvalue weighted by Crippen LogP contribution is 2.14. The molecule has 3 rings (SSSR count). The first-order chi connectivity index (χ1) is 11.1. The lowest BCUT2D eigenvalue weighted by Gasteiger charge is -2.34. The fourth-order valence-corrected chi connectivity index (χ4v) is 2.93. The zero-order chi connectivity index (χ0) is 16.2. The molecule has 122 valence electrons. The number of aromatic nitrogens is 1. The van der Waals surface area contributed by atoms with E-state index in [2.05, 4.69) is 20.9 Å². The molecule has 2 heterocycles. The lowest BCUT2D eigenvalue weighted by molar-refractivity contribution is 0.121. The van der Waals surface area contributed by atoms with E-state index in [1.807, 2.05) is 19.2 Å². The Bertz CT molecular complexity index is 667. The Morgan fingerprint density at radius 2 is 1.65 bits per heavy atom. The maximum Gasteiger partial charge on any atom is 0.159 e. The fourth-order valence-electron chi connectivity index (χ4n) is 2.93. The maximum atomic E-state index is 13.3. The fraction of sp³-hybridized carbons (Fsp3) is 0.389. The molecular weight excluding hydrogens is 296 g/mol. The summed E-state index contributed by atoms with van der Waals surface area (Å²) in [6, 6.07) is 8.24. The van der Waals surface area contributed by atoms with Crippen molar-refractivity contribution in [2.75, 3.05) is 26.2 Å². The summed E-state index contributed by atoms with van der Waals surface area (Å²) in [7, 11) is 0. The van der Waals surface area contributed by atoms with Crippen molar-refractivity contribution in [3.63, 3.8) is 0 Å². The van der Waals surface area contributed by atoms with E-state index in [1.165, 1.54) is 17.7 Å². The maximum absolute atomic E-state index is 13.3. The van der Waals surface area contributed by atoms with Crippen molar-refractivity contribution in [2.24, 2.45) is 0 Å². The Kier molecular flexibility index (Phi) is 4.98. The van der Waals surface area contributed by atoms with Crippen LogP contribution in [0.5, 0.6) is 0 Å². The Labute approximate surface area is 135 Å². The SMILES string of the molecule is Cc1ncccc1CN1CCN(Cc2ccc(F)c(F)c2)CC1. The largest absolute Gasteiger partial charge is 0.297 e. The lowest BCUT2D eigenvalue weighted by atomic mass is 10.1. The molecule has 1 aliphatic heterocycles. The van der Waals surface area contributed by atoms with Gasteiger partial charge in [-0.1, -0.05) is 12.1 Å². The highest BCUT2D eigenvalue weighted by Gasteiger charge is 2.18. The third-order valence-electron chi connectivity index (χ3n) is 4.37. The minimum atomic E-state index is -0.787. The topological polar surface area (TPSA) is 19.4 Å². The van der Waals surface area contributed by atoms with Crippen LogP contribution in [0.1, 0.15) is 16.8 Å². The van der Waals surface area contributed by atoms with Crippen LogP contribution in [0.3, 0.4) is 0 Å². The van der Waals surface area contributed by atoms with Crippen LogP contribution in [-0.2, 0) is 13.1 Å². The van der Waals surface area contributed by atoms with Gasteiger partial charge in [0, 0.05) is 51.2 Å². The van der Waals surface area contributed by atoms with Crippen molar-refractivity contribution in [3.05, 3.63) is 65.0 Å². The van der Waals surface area contributed by atoms with Crippen molar-refractivity contribution in [1.29, 1.82) is 0 Å². The standard InChI is InChI=1S/C18H21F2N3/c1-14-16(3-2-6-21-14)13-23-9-7-22(8-10-23)12-15-4-5-17(19)18(20)11-15/h2-6,11H,7-10,12-13H2,1H3. The minimum Gasteiger partial charge on any atom is -0.297 e. The molecule has 0 spiro atoms. The van der Waals surface area contributed by atoms with E-state index in [1.54, 1.807) is 6.07 Å². The first-order valence-electron chi connectivity index (χ1n) is 7.91. The average molecular weight is 317 g/mol. The summed E-state index contributed by atoms with van der Waals surface area (Å²) in [4.78, 5) is 9.01. The monoisotopic (exact) mass is 317 g/mol. The van der Waals surface area contributed by atoms with Gasteiger partial charge in [0.1, 0.15) is 0 Å². The van der Waals surface area contributed by atoms with Crippen molar-refractivity contribution in [1.82, 2.24) is 14.8 Å². The number of pyridine rings is 1. The van der Waals surface area contributed by atoms with Gasteiger partial charge in [0.25, 0.3) is 0 Å². The van der Waals surface area contributed by atoms with Crippen LogP contribution in [0.15, 0.2) is 36.5 Å². The summed E-state index contributed by atoms with van der Waals surface area (Å²) in [5.74, 6) is -1.56. The van der Waals surface area contributed by atoms with Crippen LogP contribution < -0.4 is 0 Å². The number of hydrogen-bond donors (Lipinski definition) is 0. The molecule has 5 heteroatoms. The Morgan fingerprint density at radius 3 is 2.30 bits per heavy atom. The zero-order valence-electron chi connectivity index (χ0n) is 13.3. The summed E-state index contributed by atoms with van der Waals surface area (Å²) < 4.78 is 26.2. The molecule has 0 unspecified atom stereocenters. The van der Waals surface area contributed by atoms with Gasteiger partial charge in [-0.15, -0.1) is 0 Å². The van der Waals surface area contributed by atoms with Crippen LogP contribution >= 0.6 is 0 Å². The Balaban J connectivity index is 1.52. The van der Waals surface area contributed by atoms with E-state index in [9.17, 15) is 8.78 Å². The molecular formula is C18H21F2N3. The normalized spacial score (nSPS) is 16.7. The molecule has 0 bridgehead atoms. The first-order valence-corrected chi connectivity index (χ1v) is 7.91. The number of hydrogen-bond acceptors (Lipinski definition) is 3. The quantitative estimate of drug-likeness (QED) is 0.864. The number of halogens is 2. The van der Waals surface area contributed by atoms with Gasteiger partial charge in [0.05, 0.1) is 0 Å². The highest BCUT2D eigenvalue weighted by molar-refractivity contribution is 5.19. The molecule has 0 N–H and O–H groups in total. The molecule has 1 aromatic carbocycles. The molecule has 3 nitrogen and oxygen atoms in total. The van der Waals surface area contributed by atoms with Gasteiger partial charge < -0.3 is 0 Å². The van der Waals surface area contributed by atoms with Crippen LogP contribution in [-0.4, -0.2) is 41.0 Å². The van der Waals surface area contributed by atoms with Crippen molar-refractivity contribution in [3.8, 4) is 0 Å². The van der Waals surface area contributed by atoms with Crippen molar-refractivity contribution < 1.29 is 8.78 Å². The van der Waals surface area contributed by atoms with Crippen molar-refractivity contribution in [2.45, 2.75) is 20.0 Å². The number of piperazine rings is 1. The van der Waals surface area contributed by atoms with E-state index >= 15 is 0 Å². The molecule has 0 aliphatic carbocycles.